The number of rotatable bonds is 16. The minimum Gasteiger partial charge on any atom is -0.344 e. The van der Waals surface area contributed by atoms with Crippen LogP contribution in [0.2, 0.25) is 0 Å². The van der Waals surface area contributed by atoms with Crippen molar-refractivity contribution in [2.24, 2.45) is 33.5 Å². The van der Waals surface area contributed by atoms with Crippen molar-refractivity contribution >= 4 is 39.6 Å². The Morgan fingerprint density at radius 1 is 0.932 bits per heavy atom. The Morgan fingerprint density at radius 2 is 1.58 bits per heavy atom. The molecule has 15 heteroatoms. The minimum absolute atomic E-state index is 0.00360. The second-order valence-electron chi connectivity index (χ2n) is 20.3. The van der Waals surface area contributed by atoms with Gasteiger partial charge in [-0.25, -0.2) is 13.3 Å². The van der Waals surface area contributed by atoms with Crippen molar-refractivity contribution in [3.8, 4) is 0 Å². The Hall–Kier alpha value is -3.04. The number of hydrogen-bond acceptors (Lipinski definition) is 8. The van der Waals surface area contributed by atoms with Crippen molar-refractivity contribution < 1.29 is 28.2 Å². The molecule has 4 saturated carbocycles. The van der Waals surface area contributed by atoms with Crippen LogP contribution in [0.4, 0.5) is 0 Å². The van der Waals surface area contributed by atoms with Crippen LogP contribution in [0, 0.1) is 38.3 Å². The predicted molar refractivity (Wildman–Crippen MR) is 228 cm³/mol. The van der Waals surface area contributed by atoms with Gasteiger partial charge in [0.2, 0.25) is 23.6 Å². The number of amides is 5. The Bertz CT molecular complexity index is 1760. The van der Waals surface area contributed by atoms with E-state index in [1.807, 2.05) is 20.8 Å². The average Bonchev–Trinajstić information content (AvgIpc) is 3.62. The number of likely N-dealkylation sites (tertiary alicyclic amines) is 2. The van der Waals surface area contributed by atoms with Gasteiger partial charge < -0.3 is 25.8 Å². The lowest BCUT2D eigenvalue weighted by Gasteiger charge is -2.37. The van der Waals surface area contributed by atoms with Crippen LogP contribution in [-0.2, 0) is 34.1 Å². The normalized spacial score (nSPS) is 31.8. The second-order valence-corrected chi connectivity index (χ2v) is 22.1. The average molecular weight is 843 g/mol. The molecule has 2 aliphatic heterocycles. The van der Waals surface area contributed by atoms with Crippen molar-refractivity contribution in [2.45, 2.75) is 169 Å². The van der Waals surface area contributed by atoms with Crippen molar-refractivity contribution in [1.29, 1.82) is 4.78 Å². The number of hydrogen-bond donors (Lipinski definition) is 5. The van der Waals surface area contributed by atoms with Crippen molar-refractivity contribution in [1.82, 2.24) is 34.8 Å². The van der Waals surface area contributed by atoms with Crippen molar-refractivity contribution in [3.63, 3.8) is 0 Å². The molecule has 0 bridgehead atoms. The molecule has 6 rings (SSSR count). The van der Waals surface area contributed by atoms with E-state index in [0.717, 1.165) is 77.3 Å². The summed E-state index contributed by atoms with van der Waals surface area (Å²) in [5.74, 6) is -2.55. The first-order chi connectivity index (χ1) is 27.7. The topological polar surface area (TPSA) is 184 Å². The third kappa shape index (κ3) is 7.98. The molecule has 6 aliphatic rings. The zero-order chi connectivity index (χ0) is 43.3. The molecule has 6 fully saturated rings. The number of piperidine rings is 1. The molecule has 2 heterocycles. The van der Waals surface area contributed by atoms with Crippen LogP contribution in [0.25, 0.3) is 0 Å². The van der Waals surface area contributed by atoms with Crippen LogP contribution in [0.15, 0.2) is 12.7 Å². The summed E-state index contributed by atoms with van der Waals surface area (Å²) in [6, 6.07) is -2.57. The number of carbonyl (C=O) groups excluding carboxylic acids is 5. The highest BCUT2D eigenvalue weighted by Gasteiger charge is 2.85. The predicted octanol–water partition coefficient (Wildman–Crippen LogP) is 4.65. The highest BCUT2D eigenvalue weighted by atomic mass is 32.2. The number of carbonyl (C=O) groups is 5. The molecule has 2 spiro atoms. The molecule has 0 radical (unpaired) electrons. The fraction of sp³-hybridized carbons (Fsp3) is 0.841. The summed E-state index contributed by atoms with van der Waals surface area (Å²) < 4.78 is 25.6. The molecule has 0 aromatic rings. The smallest absolute Gasteiger partial charge is 0.259 e. The number of nitrogens with one attached hydrogen (secondary N) is 5. The standard InChI is InChI=1S/C44H74N8O6S/c1-10-30-26-44(30,39(57)49-59(45,58)51(12-3)13-4)48-36(54)32-27-43(41(8,9)42(43)22-18-23-42)28-52(32)38(56)35(40(5,6)7)47-37(55)34(29-19-14-15-20-29)46-33(53)25-31-21-16-17-24-50(31)11-2/h10,29-32,34-35H,1,11-28H2,2-9H3,(H,46,53)(H,47,55)(H,48,54)(H2,45,49,57,58)/t30-,31+,32+,34+,35-,43-,44-,59?/m1/s1. The molecule has 2 saturated heterocycles. The van der Waals surface area contributed by atoms with E-state index in [-0.39, 0.29) is 52.3 Å². The molecule has 59 heavy (non-hydrogen) atoms. The summed E-state index contributed by atoms with van der Waals surface area (Å²) in [4.78, 5) is 76.1. The van der Waals surface area contributed by atoms with E-state index in [4.69, 9.17) is 4.78 Å². The molecule has 5 N–H and O–H groups in total. The van der Waals surface area contributed by atoms with Gasteiger partial charge in [-0.3, -0.25) is 28.7 Å². The van der Waals surface area contributed by atoms with Crippen molar-refractivity contribution in [2.75, 3.05) is 32.7 Å². The quantitative estimate of drug-likeness (QED) is 0.140. The minimum atomic E-state index is -3.67. The first-order valence-electron chi connectivity index (χ1n) is 22.6. The van der Waals surface area contributed by atoms with Gasteiger partial charge in [-0.15, -0.1) is 6.58 Å². The van der Waals surface area contributed by atoms with Crippen LogP contribution in [0.1, 0.15) is 139 Å². The van der Waals surface area contributed by atoms with Crippen LogP contribution in [0.3, 0.4) is 0 Å². The maximum absolute atomic E-state index is 15.2. The third-order valence-electron chi connectivity index (χ3n) is 16.2. The van der Waals surface area contributed by atoms with Gasteiger partial charge in [-0.2, -0.15) is 0 Å². The molecule has 4 aliphatic carbocycles. The SMILES string of the molecule is C=C[C@@H]1C[C@]1(NC(=O)[C@@H]1C[C@@]2(CN1C(=O)[C@@H](NC(=O)[C@@H](NC(=O)C[C@@H]1CCCCN1CC)C1CCCC1)C(C)(C)C)C(C)(C)C21CCC1)C(=O)NS(=N)(=O)N(CC)CC. The third-order valence-corrected chi connectivity index (χ3v) is 17.9. The Labute approximate surface area is 353 Å². The van der Waals surface area contributed by atoms with Gasteiger partial charge >= 0.3 is 0 Å². The van der Waals surface area contributed by atoms with E-state index in [2.05, 4.69) is 52.9 Å². The van der Waals surface area contributed by atoms with E-state index in [0.29, 0.717) is 32.5 Å². The van der Waals surface area contributed by atoms with Gasteiger partial charge in [0.25, 0.3) is 5.91 Å². The molecular weight excluding hydrogens is 769 g/mol. The Morgan fingerprint density at radius 3 is 2.10 bits per heavy atom. The summed E-state index contributed by atoms with van der Waals surface area (Å²) in [7, 11) is -3.67. The Balaban J connectivity index is 1.26. The lowest BCUT2D eigenvalue weighted by molar-refractivity contribution is -0.145. The number of nitrogens with zero attached hydrogens (tertiary/aromatic N) is 3. The van der Waals surface area contributed by atoms with Crippen LogP contribution in [0.5, 0.6) is 0 Å². The van der Waals surface area contributed by atoms with Crippen molar-refractivity contribution in [3.05, 3.63) is 12.7 Å². The molecule has 0 aromatic carbocycles. The summed E-state index contributed by atoms with van der Waals surface area (Å²) in [5, 5.41) is 9.28. The fourth-order valence-corrected chi connectivity index (χ4v) is 13.4. The van der Waals surface area contributed by atoms with Gasteiger partial charge in [0.1, 0.15) is 23.7 Å². The van der Waals surface area contributed by atoms with Crippen LogP contribution in [-0.4, -0.2) is 110 Å². The molecule has 5 amide bonds. The first kappa shape index (κ1) is 45.5. The lowest BCUT2D eigenvalue weighted by Crippen LogP contribution is -2.62. The molecule has 1 unspecified atom stereocenters. The largest absolute Gasteiger partial charge is 0.344 e. The molecular formula is C44H74N8O6S. The molecule has 332 valence electrons. The summed E-state index contributed by atoms with van der Waals surface area (Å²) >= 11 is 0. The number of fused-ring (bicyclic) bond motifs is 1. The van der Waals surface area contributed by atoms with Gasteiger partial charge in [0.15, 0.2) is 10.1 Å². The van der Waals surface area contributed by atoms with E-state index in [1.54, 1.807) is 24.8 Å². The van der Waals surface area contributed by atoms with Gasteiger partial charge in [-0.1, -0.05) is 87.1 Å². The van der Waals surface area contributed by atoms with Gasteiger partial charge in [0, 0.05) is 43.4 Å². The lowest BCUT2D eigenvalue weighted by atomic mass is 9.73. The van der Waals surface area contributed by atoms with Gasteiger partial charge in [-0.05, 0) is 86.6 Å². The fourth-order valence-electron chi connectivity index (χ4n) is 12.2. The van der Waals surface area contributed by atoms with E-state index < -0.39 is 56.9 Å². The first-order valence-corrected chi connectivity index (χ1v) is 24.2. The Kier molecular flexibility index (Phi) is 12.9. The highest BCUT2D eigenvalue weighted by molar-refractivity contribution is 7.88. The van der Waals surface area contributed by atoms with Crippen LogP contribution >= 0.6 is 0 Å². The van der Waals surface area contributed by atoms with Crippen LogP contribution < -0.4 is 20.7 Å². The zero-order valence-electron chi connectivity index (χ0n) is 37.2. The van der Waals surface area contributed by atoms with Gasteiger partial charge in [0.05, 0.1) is 0 Å². The van der Waals surface area contributed by atoms with E-state index in [1.165, 1.54) is 4.31 Å². The zero-order valence-corrected chi connectivity index (χ0v) is 38.0. The molecule has 0 aromatic heterocycles. The van der Waals surface area contributed by atoms with E-state index >= 15 is 4.79 Å². The molecule has 8 atom stereocenters. The summed E-state index contributed by atoms with van der Waals surface area (Å²) in [5.41, 5.74) is -2.66. The van der Waals surface area contributed by atoms with E-state index in [9.17, 15) is 23.4 Å². The summed E-state index contributed by atoms with van der Waals surface area (Å²) in [6.07, 6.45) is 12.4. The summed E-state index contributed by atoms with van der Waals surface area (Å²) in [6.45, 7) is 22.5. The maximum atomic E-state index is 15.2. The second kappa shape index (κ2) is 16.7. The monoisotopic (exact) mass is 843 g/mol. The highest BCUT2D eigenvalue weighted by Crippen LogP contribution is 2.88. The molecule has 14 nitrogen and oxygen atoms in total. The maximum Gasteiger partial charge on any atom is 0.259 e.